The van der Waals surface area contributed by atoms with Crippen molar-refractivity contribution < 1.29 is 17.7 Å². The third-order valence-corrected chi connectivity index (χ3v) is 18.5. The normalized spacial score (nSPS) is 12.0. The Morgan fingerprint density at radius 1 is 0.178 bits per heavy atom. The van der Waals surface area contributed by atoms with E-state index in [1.165, 1.54) is 21.9 Å². The van der Waals surface area contributed by atoms with E-state index in [0.29, 0.717) is 0 Å². The first kappa shape index (κ1) is 50.1. The molecular weight excluding hydrogens is 1100 g/mol. The fourth-order valence-electron chi connectivity index (χ4n) is 14.3. The van der Waals surface area contributed by atoms with Gasteiger partial charge in [0, 0.05) is 81.9 Å². The lowest BCUT2D eigenvalue weighted by Gasteiger charge is -2.10. The minimum absolute atomic E-state index is 0.912. The van der Waals surface area contributed by atoms with Gasteiger partial charge in [0.15, 0.2) is 0 Å². The molecule has 0 saturated carbocycles. The highest BCUT2D eigenvalue weighted by Gasteiger charge is 2.23. The van der Waals surface area contributed by atoms with Crippen molar-refractivity contribution in [3.8, 4) is 55.9 Å². The highest BCUT2D eigenvalue weighted by molar-refractivity contribution is 6.26. The van der Waals surface area contributed by atoms with Crippen molar-refractivity contribution in [1.29, 1.82) is 0 Å². The number of nitrogens with zero attached hydrogens (tertiary/aromatic N) is 2. The molecule has 0 atom stereocenters. The van der Waals surface area contributed by atoms with Crippen LogP contribution in [0.25, 0.3) is 187 Å². The number of aromatic nitrogens is 2. The molecule has 14 aromatic carbocycles. The number of hydrogen-bond donors (Lipinski definition) is 0. The van der Waals surface area contributed by atoms with Crippen molar-refractivity contribution in [3.63, 3.8) is 0 Å². The summed E-state index contributed by atoms with van der Waals surface area (Å²) in [7, 11) is 0. The summed E-state index contributed by atoms with van der Waals surface area (Å²) in [6, 6.07) is 107. The number of furan rings is 4. The average molecular weight is 1150 g/mol. The van der Waals surface area contributed by atoms with Crippen LogP contribution in [0, 0.1) is 0 Å². The van der Waals surface area contributed by atoms with E-state index in [-0.39, 0.29) is 0 Å². The van der Waals surface area contributed by atoms with Crippen LogP contribution in [0.15, 0.2) is 321 Å². The summed E-state index contributed by atoms with van der Waals surface area (Å²) in [5.74, 6) is 0. The molecule has 0 N–H and O–H groups in total. The maximum atomic E-state index is 6.83. The Kier molecular flexibility index (Phi) is 11.0. The van der Waals surface area contributed by atoms with E-state index >= 15 is 0 Å². The summed E-state index contributed by atoms with van der Waals surface area (Å²) in [5.41, 5.74) is 23.3. The molecule has 0 aliphatic carbocycles. The standard InChI is InChI=1S/2C42H25NO2/c1-4-13-36-35(10-1)40-37(25-24-34-32-9-3-6-15-39(32)45-42(34)40)43(36)29-22-20-27(21-23-29)26-16-18-28(19-17-26)30-11-7-12-33-31-8-2-5-14-38(31)44-41(30)33;1-2-10-26(11-3-1)29-14-9-17-33-34-24-25-37-39(42(34)45-41(29)33)35-13-4-6-18-36(35)43(37)28-22-20-27(21-23-28)30-15-8-16-32-31-12-5-7-19-38(31)44-40(30)32/h2*1-25H. The van der Waals surface area contributed by atoms with Crippen LogP contribution >= 0.6 is 0 Å². The Bertz CT molecular complexity index is 6250. The number of para-hydroxylation sites is 8. The summed E-state index contributed by atoms with van der Waals surface area (Å²) in [5, 5.41) is 13.8. The molecule has 0 aliphatic heterocycles. The topological polar surface area (TPSA) is 62.4 Å². The fourth-order valence-corrected chi connectivity index (χ4v) is 14.3. The van der Waals surface area contributed by atoms with Crippen LogP contribution in [0.5, 0.6) is 0 Å². The lowest BCUT2D eigenvalue weighted by atomic mass is 9.98. The minimum atomic E-state index is 0.912. The van der Waals surface area contributed by atoms with Crippen LogP contribution in [0.1, 0.15) is 0 Å². The molecule has 0 aliphatic rings. The first-order valence-electron chi connectivity index (χ1n) is 30.5. The maximum absolute atomic E-state index is 6.83. The van der Waals surface area contributed by atoms with Gasteiger partial charge in [-0.3, -0.25) is 0 Å². The Morgan fingerprint density at radius 3 is 0.967 bits per heavy atom. The lowest BCUT2D eigenvalue weighted by molar-refractivity contribution is 0.669. The minimum Gasteiger partial charge on any atom is -0.455 e. The molecule has 0 fully saturated rings. The predicted octanol–water partition coefficient (Wildman–Crippen LogP) is 23.8. The van der Waals surface area contributed by atoms with E-state index in [2.05, 4.69) is 270 Å². The number of benzene rings is 14. The van der Waals surface area contributed by atoms with Gasteiger partial charge < -0.3 is 26.8 Å². The summed E-state index contributed by atoms with van der Waals surface area (Å²) >= 11 is 0. The predicted molar refractivity (Wildman–Crippen MR) is 372 cm³/mol. The Morgan fingerprint density at radius 2 is 0.489 bits per heavy atom. The molecule has 420 valence electrons. The van der Waals surface area contributed by atoms with Crippen LogP contribution in [0.4, 0.5) is 0 Å². The van der Waals surface area contributed by atoms with Gasteiger partial charge in [-0.2, -0.15) is 0 Å². The summed E-state index contributed by atoms with van der Waals surface area (Å²) in [6.45, 7) is 0. The summed E-state index contributed by atoms with van der Waals surface area (Å²) < 4.78 is 30.6. The van der Waals surface area contributed by atoms with Crippen molar-refractivity contribution in [1.82, 2.24) is 9.13 Å². The van der Waals surface area contributed by atoms with Gasteiger partial charge in [0.1, 0.15) is 44.7 Å². The van der Waals surface area contributed by atoms with E-state index in [1.807, 2.05) is 42.5 Å². The summed E-state index contributed by atoms with van der Waals surface area (Å²) in [6.07, 6.45) is 0. The molecule has 6 nitrogen and oxygen atoms in total. The number of hydrogen-bond acceptors (Lipinski definition) is 4. The first-order valence-corrected chi connectivity index (χ1v) is 30.5. The molecular formula is C84H50N2O4. The third kappa shape index (κ3) is 7.58. The molecule has 0 amide bonds. The molecule has 0 unspecified atom stereocenters. The monoisotopic (exact) mass is 1150 g/mol. The average Bonchev–Trinajstić information content (AvgIpc) is 1.60. The van der Waals surface area contributed by atoms with E-state index in [4.69, 9.17) is 17.7 Å². The fraction of sp³-hybridized carbons (Fsp3) is 0. The Balaban J connectivity index is 0.000000130. The van der Waals surface area contributed by atoms with Gasteiger partial charge in [0.25, 0.3) is 0 Å². The molecule has 0 saturated heterocycles. The van der Waals surface area contributed by atoms with Crippen LogP contribution < -0.4 is 0 Å². The number of fused-ring (bicyclic) bond motifs is 20. The van der Waals surface area contributed by atoms with Gasteiger partial charge in [-0.25, -0.2) is 0 Å². The third-order valence-electron chi connectivity index (χ3n) is 18.5. The molecule has 0 radical (unpaired) electrons. The van der Waals surface area contributed by atoms with Gasteiger partial charge in [-0.05, 0) is 107 Å². The van der Waals surface area contributed by atoms with Crippen LogP contribution in [-0.4, -0.2) is 9.13 Å². The van der Waals surface area contributed by atoms with E-state index in [0.717, 1.165) is 165 Å². The number of rotatable bonds is 6. The molecule has 6 heteroatoms. The van der Waals surface area contributed by atoms with Crippen molar-refractivity contribution >= 4 is 131 Å². The molecule has 0 bridgehead atoms. The second-order valence-corrected chi connectivity index (χ2v) is 23.4. The van der Waals surface area contributed by atoms with Gasteiger partial charge >= 0.3 is 0 Å². The molecule has 20 rings (SSSR count). The van der Waals surface area contributed by atoms with Gasteiger partial charge in [-0.1, -0.05) is 224 Å². The molecule has 90 heavy (non-hydrogen) atoms. The van der Waals surface area contributed by atoms with Crippen molar-refractivity contribution in [2.24, 2.45) is 0 Å². The molecule has 6 heterocycles. The Labute approximate surface area is 514 Å². The lowest BCUT2D eigenvalue weighted by Crippen LogP contribution is -1.93. The highest BCUT2D eigenvalue weighted by Crippen LogP contribution is 2.45. The van der Waals surface area contributed by atoms with Gasteiger partial charge in [-0.15, -0.1) is 0 Å². The highest BCUT2D eigenvalue weighted by atomic mass is 16.3. The van der Waals surface area contributed by atoms with E-state index in [1.54, 1.807) is 0 Å². The quantitative estimate of drug-likeness (QED) is 0.166. The van der Waals surface area contributed by atoms with Crippen molar-refractivity contribution in [2.45, 2.75) is 0 Å². The zero-order valence-electron chi connectivity index (χ0n) is 48.4. The molecule has 6 aromatic heterocycles. The van der Waals surface area contributed by atoms with Gasteiger partial charge in [0.05, 0.1) is 32.8 Å². The zero-order chi connectivity index (χ0) is 59.0. The van der Waals surface area contributed by atoms with E-state index < -0.39 is 0 Å². The van der Waals surface area contributed by atoms with Crippen LogP contribution in [0.3, 0.4) is 0 Å². The largest absolute Gasteiger partial charge is 0.455 e. The summed E-state index contributed by atoms with van der Waals surface area (Å²) in [4.78, 5) is 0. The first-order chi connectivity index (χ1) is 44.6. The molecule has 0 spiro atoms. The van der Waals surface area contributed by atoms with E-state index in [9.17, 15) is 0 Å². The van der Waals surface area contributed by atoms with Crippen molar-refractivity contribution in [2.75, 3.05) is 0 Å². The zero-order valence-corrected chi connectivity index (χ0v) is 48.4. The Hall–Kier alpha value is -12.1. The van der Waals surface area contributed by atoms with Crippen LogP contribution in [0.2, 0.25) is 0 Å². The second-order valence-electron chi connectivity index (χ2n) is 23.4. The SMILES string of the molecule is c1ccc(-c2cccc3c2oc2c3ccc3c2c2ccccc2n3-c2ccc(-c3cccc4c3oc3ccccc34)cc2)cc1.c1ccc2c(c1)oc1c(-c3ccc(-c4ccc(-n5c6ccccc6c6c7oc8ccccc8c7ccc65)cc4)cc3)cccc12. The van der Waals surface area contributed by atoms with Crippen LogP contribution in [-0.2, 0) is 0 Å². The smallest absolute Gasteiger partial charge is 0.145 e. The molecule has 20 aromatic rings. The van der Waals surface area contributed by atoms with Crippen molar-refractivity contribution in [3.05, 3.63) is 303 Å². The maximum Gasteiger partial charge on any atom is 0.145 e. The second kappa shape index (κ2) is 19.7. The van der Waals surface area contributed by atoms with Gasteiger partial charge in [0.2, 0.25) is 0 Å².